The molecule has 0 aliphatic heterocycles. The van der Waals surface area contributed by atoms with E-state index in [0.29, 0.717) is 12.4 Å². The van der Waals surface area contributed by atoms with E-state index in [2.05, 4.69) is 26.0 Å². The van der Waals surface area contributed by atoms with Gasteiger partial charge in [0.15, 0.2) is 11.5 Å². The van der Waals surface area contributed by atoms with E-state index in [9.17, 15) is 4.79 Å². The lowest BCUT2D eigenvalue weighted by atomic mass is 10.1. The van der Waals surface area contributed by atoms with Gasteiger partial charge in [-0.05, 0) is 54.8 Å². The summed E-state index contributed by atoms with van der Waals surface area (Å²) in [6.45, 7) is 4.40. The minimum atomic E-state index is -0.337. The number of carbonyl (C=O) groups excluding carboxylic acids is 1. The molecular formula is C24H23N5O2. The Labute approximate surface area is 180 Å². The second kappa shape index (κ2) is 9.13. The zero-order valence-electron chi connectivity index (χ0n) is 17.3. The first kappa shape index (κ1) is 20.2. The molecule has 0 saturated heterocycles. The van der Waals surface area contributed by atoms with E-state index in [1.165, 1.54) is 0 Å². The highest BCUT2D eigenvalue weighted by molar-refractivity contribution is 6.06. The molecule has 0 aliphatic carbocycles. The number of nitrogens with one attached hydrogen (secondary N) is 3. The molecule has 3 N–H and O–H groups in total. The van der Waals surface area contributed by atoms with Crippen molar-refractivity contribution >= 4 is 23.1 Å². The van der Waals surface area contributed by atoms with Crippen LogP contribution in [0.25, 0.3) is 0 Å². The highest BCUT2D eigenvalue weighted by Gasteiger charge is 2.18. The molecule has 4 rings (SSSR count). The number of rotatable bonds is 7. The van der Waals surface area contributed by atoms with Gasteiger partial charge in [0.2, 0.25) is 0 Å². The maximum absolute atomic E-state index is 12.8. The molecule has 1 amide bonds. The molecule has 0 aliphatic rings. The number of aromatic amines is 1. The number of aromatic nitrogens is 3. The average molecular weight is 413 g/mol. The Morgan fingerprint density at radius 2 is 1.61 bits per heavy atom. The largest absolute Gasteiger partial charge is 0.489 e. The van der Waals surface area contributed by atoms with Crippen LogP contribution in [0.1, 0.15) is 27.2 Å². The van der Waals surface area contributed by atoms with Crippen LogP contribution in [0.4, 0.5) is 17.2 Å². The van der Waals surface area contributed by atoms with Crippen molar-refractivity contribution < 1.29 is 9.53 Å². The topological polar surface area (TPSA) is 91.9 Å². The fraction of sp³-hybridized carbons (Fsp3) is 0.125. The standard InChI is InChI=1S/C24H23N5O2/c1-16-7-6-8-17(2)21(16)26-24(30)22-23(28-29-27-22)25-19-11-13-20(14-12-19)31-15-18-9-4-3-5-10-18/h3-14H,15H2,1-2H3,(H,26,30)(H2,25,27,28,29). The molecule has 7 nitrogen and oxygen atoms in total. The summed E-state index contributed by atoms with van der Waals surface area (Å²) in [6, 6.07) is 23.3. The lowest BCUT2D eigenvalue weighted by molar-refractivity contribution is 0.102. The molecule has 7 heteroatoms. The molecule has 0 radical (unpaired) electrons. The number of H-pyrrole nitrogens is 1. The maximum Gasteiger partial charge on any atom is 0.280 e. The van der Waals surface area contributed by atoms with Crippen molar-refractivity contribution in [2.75, 3.05) is 10.6 Å². The van der Waals surface area contributed by atoms with Crippen LogP contribution < -0.4 is 15.4 Å². The third-order valence-electron chi connectivity index (χ3n) is 4.85. The van der Waals surface area contributed by atoms with Gasteiger partial charge in [0, 0.05) is 11.4 Å². The minimum absolute atomic E-state index is 0.187. The van der Waals surface area contributed by atoms with E-state index in [1.807, 2.05) is 86.6 Å². The Kier molecular flexibility index (Phi) is 5.93. The van der Waals surface area contributed by atoms with E-state index in [0.717, 1.165) is 33.8 Å². The minimum Gasteiger partial charge on any atom is -0.489 e. The molecule has 1 aromatic heterocycles. The number of ether oxygens (including phenoxy) is 1. The van der Waals surface area contributed by atoms with Gasteiger partial charge in [-0.2, -0.15) is 5.21 Å². The molecule has 1 heterocycles. The Balaban J connectivity index is 1.41. The average Bonchev–Trinajstić information content (AvgIpc) is 3.25. The van der Waals surface area contributed by atoms with Gasteiger partial charge < -0.3 is 15.4 Å². The SMILES string of the molecule is Cc1cccc(C)c1NC(=O)c1n[nH]nc1Nc1ccc(OCc2ccccc2)cc1. The van der Waals surface area contributed by atoms with E-state index < -0.39 is 0 Å². The van der Waals surface area contributed by atoms with Gasteiger partial charge in [0.05, 0.1) is 0 Å². The molecule has 0 bridgehead atoms. The van der Waals surface area contributed by atoms with Crippen LogP contribution in [0.3, 0.4) is 0 Å². The number of para-hydroxylation sites is 1. The highest BCUT2D eigenvalue weighted by Crippen LogP contribution is 2.23. The summed E-state index contributed by atoms with van der Waals surface area (Å²) in [6.07, 6.45) is 0. The van der Waals surface area contributed by atoms with Gasteiger partial charge in [-0.25, -0.2) is 0 Å². The van der Waals surface area contributed by atoms with Gasteiger partial charge in [0.25, 0.3) is 5.91 Å². The number of anilines is 3. The lowest BCUT2D eigenvalue weighted by Gasteiger charge is -2.11. The number of aryl methyl sites for hydroxylation is 2. The van der Waals surface area contributed by atoms with Crippen molar-refractivity contribution in [3.05, 3.63) is 95.2 Å². The lowest BCUT2D eigenvalue weighted by Crippen LogP contribution is -2.15. The summed E-state index contributed by atoms with van der Waals surface area (Å²) in [5.74, 6) is 0.765. The molecule has 3 aromatic carbocycles. The van der Waals surface area contributed by atoms with Crippen LogP contribution in [0.15, 0.2) is 72.8 Å². The second-order valence-electron chi connectivity index (χ2n) is 7.17. The van der Waals surface area contributed by atoms with E-state index in [4.69, 9.17) is 4.74 Å². The predicted molar refractivity (Wildman–Crippen MR) is 121 cm³/mol. The molecule has 156 valence electrons. The quantitative estimate of drug-likeness (QED) is 0.397. The summed E-state index contributed by atoms with van der Waals surface area (Å²) in [7, 11) is 0. The smallest absolute Gasteiger partial charge is 0.280 e. The van der Waals surface area contributed by atoms with Gasteiger partial charge in [-0.3, -0.25) is 4.79 Å². The summed E-state index contributed by atoms with van der Waals surface area (Å²) in [5, 5.41) is 16.7. The molecule has 4 aromatic rings. The molecule has 0 atom stereocenters. The molecule has 0 saturated carbocycles. The molecule has 31 heavy (non-hydrogen) atoms. The Morgan fingerprint density at radius 1 is 0.903 bits per heavy atom. The zero-order valence-corrected chi connectivity index (χ0v) is 17.3. The third kappa shape index (κ3) is 4.90. The van der Waals surface area contributed by atoms with Crippen LogP contribution in [0.2, 0.25) is 0 Å². The second-order valence-corrected chi connectivity index (χ2v) is 7.17. The molecule has 0 fully saturated rings. The van der Waals surface area contributed by atoms with E-state index in [-0.39, 0.29) is 11.6 Å². The monoisotopic (exact) mass is 413 g/mol. The molecule has 0 spiro atoms. The van der Waals surface area contributed by atoms with Crippen molar-refractivity contribution in [2.45, 2.75) is 20.5 Å². The number of nitrogens with zero attached hydrogens (tertiary/aromatic N) is 2. The number of carbonyl (C=O) groups is 1. The van der Waals surface area contributed by atoms with Gasteiger partial charge in [0.1, 0.15) is 12.4 Å². The molecular weight excluding hydrogens is 390 g/mol. The van der Waals surface area contributed by atoms with Crippen LogP contribution in [-0.2, 0) is 6.61 Å². The van der Waals surface area contributed by atoms with Crippen LogP contribution >= 0.6 is 0 Å². The summed E-state index contributed by atoms with van der Waals surface area (Å²) < 4.78 is 5.81. The van der Waals surface area contributed by atoms with Crippen LogP contribution in [0.5, 0.6) is 5.75 Å². The highest BCUT2D eigenvalue weighted by atomic mass is 16.5. The summed E-state index contributed by atoms with van der Waals surface area (Å²) in [4.78, 5) is 12.8. The zero-order chi connectivity index (χ0) is 21.6. The fourth-order valence-corrected chi connectivity index (χ4v) is 3.17. The van der Waals surface area contributed by atoms with E-state index >= 15 is 0 Å². The first-order valence-corrected chi connectivity index (χ1v) is 9.92. The Morgan fingerprint density at radius 3 is 2.32 bits per heavy atom. The number of hydrogen-bond donors (Lipinski definition) is 3. The Hall–Kier alpha value is -4.13. The first-order valence-electron chi connectivity index (χ1n) is 9.92. The van der Waals surface area contributed by atoms with Crippen molar-refractivity contribution in [2.24, 2.45) is 0 Å². The first-order chi connectivity index (χ1) is 15.1. The van der Waals surface area contributed by atoms with Crippen molar-refractivity contribution in [1.29, 1.82) is 0 Å². The van der Waals surface area contributed by atoms with Crippen LogP contribution in [0, 0.1) is 13.8 Å². The maximum atomic E-state index is 12.8. The summed E-state index contributed by atoms with van der Waals surface area (Å²) in [5.41, 5.74) is 4.80. The van der Waals surface area contributed by atoms with Gasteiger partial charge >= 0.3 is 0 Å². The van der Waals surface area contributed by atoms with E-state index in [1.54, 1.807) is 0 Å². The van der Waals surface area contributed by atoms with Crippen molar-refractivity contribution in [3.63, 3.8) is 0 Å². The normalized spacial score (nSPS) is 10.5. The number of hydrogen-bond acceptors (Lipinski definition) is 5. The van der Waals surface area contributed by atoms with Crippen molar-refractivity contribution in [1.82, 2.24) is 15.4 Å². The van der Waals surface area contributed by atoms with Crippen molar-refractivity contribution in [3.8, 4) is 5.75 Å². The number of amides is 1. The summed E-state index contributed by atoms with van der Waals surface area (Å²) >= 11 is 0. The predicted octanol–water partition coefficient (Wildman–Crippen LogP) is 5.00. The third-order valence-corrected chi connectivity index (χ3v) is 4.85. The van der Waals surface area contributed by atoms with Gasteiger partial charge in [-0.1, -0.05) is 48.5 Å². The number of benzene rings is 3. The van der Waals surface area contributed by atoms with Gasteiger partial charge in [-0.15, -0.1) is 10.2 Å². The molecule has 0 unspecified atom stereocenters. The fourth-order valence-electron chi connectivity index (χ4n) is 3.17. The van der Waals surface area contributed by atoms with Crippen LogP contribution in [-0.4, -0.2) is 21.3 Å². The Bertz CT molecular complexity index is 1150.